The van der Waals surface area contributed by atoms with Crippen molar-refractivity contribution < 1.29 is 0 Å². The van der Waals surface area contributed by atoms with Crippen molar-refractivity contribution in [2.24, 2.45) is 5.11 Å². The van der Waals surface area contributed by atoms with Crippen molar-refractivity contribution >= 4 is 22.9 Å². The second-order valence-electron chi connectivity index (χ2n) is 2.02. The molecule has 5 heteroatoms. The van der Waals surface area contributed by atoms with E-state index >= 15 is 0 Å². The number of hydrogen-bond acceptors (Lipinski definition) is 2. The lowest BCUT2D eigenvalue weighted by atomic mass is 10.3. The second kappa shape index (κ2) is 3.62. The van der Waals surface area contributed by atoms with Crippen LogP contribution in [0.4, 0.5) is 0 Å². The fourth-order valence-electron chi connectivity index (χ4n) is 0.687. The lowest BCUT2D eigenvalue weighted by Gasteiger charge is -1.96. The lowest BCUT2D eigenvalue weighted by molar-refractivity contribution is 0.827. The highest BCUT2D eigenvalue weighted by atomic mass is 35.5. The molecule has 0 saturated carbocycles. The maximum absolute atomic E-state index is 8.13. The van der Waals surface area contributed by atoms with Crippen molar-refractivity contribution in [3.63, 3.8) is 0 Å². The van der Waals surface area contributed by atoms with Crippen molar-refractivity contribution in [2.75, 3.05) is 0 Å². The van der Waals surface area contributed by atoms with Gasteiger partial charge in [0.15, 0.2) is 0 Å². The van der Waals surface area contributed by atoms with Crippen LogP contribution in [0.2, 0.25) is 4.34 Å². The summed E-state index contributed by atoms with van der Waals surface area (Å²) in [7, 11) is 0. The summed E-state index contributed by atoms with van der Waals surface area (Å²) in [5, 5.41) is 3.54. The highest BCUT2D eigenvalue weighted by Crippen LogP contribution is 2.28. The summed E-state index contributed by atoms with van der Waals surface area (Å²) in [5.41, 5.74) is 8.13. The van der Waals surface area contributed by atoms with E-state index in [2.05, 4.69) is 10.0 Å². The maximum atomic E-state index is 8.13. The molecule has 0 aliphatic carbocycles. The Labute approximate surface area is 73.2 Å². The molecule has 1 atom stereocenters. The summed E-state index contributed by atoms with van der Waals surface area (Å²) in [5.74, 6) is 0. The number of azide groups is 1. The third kappa shape index (κ3) is 2.12. The van der Waals surface area contributed by atoms with Crippen molar-refractivity contribution in [2.45, 2.75) is 13.0 Å². The molecule has 0 radical (unpaired) electrons. The van der Waals surface area contributed by atoms with Crippen molar-refractivity contribution in [1.82, 2.24) is 0 Å². The summed E-state index contributed by atoms with van der Waals surface area (Å²) in [6.45, 7) is 1.84. The molecule has 0 bridgehead atoms. The highest BCUT2D eigenvalue weighted by Gasteiger charge is 2.04. The minimum atomic E-state index is -0.113. The molecule has 0 N–H and O–H groups in total. The van der Waals surface area contributed by atoms with Crippen LogP contribution in [0.15, 0.2) is 17.2 Å². The second-order valence-corrected chi connectivity index (χ2v) is 3.77. The molecule has 58 valence electrons. The largest absolute Gasteiger partial charge is 0.128 e. The Morgan fingerprint density at radius 2 is 2.45 bits per heavy atom. The van der Waals surface area contributed by atoms with Gasteiger partial charge >= 0.3 is 0 Å². The first kappa shape index (κ1) is 8.40. The van der Waals surface area contributed by atoms with Crippen LogP contribution in [0.3, 0.4) is 0 Å². The SMILES string of the molecule is C[C@H](N=[N+]=[N-])c1ccc(Cl)s1. The van der Waals surface area contributed by atoms with Crippen LogP contribution in [-0.4, -0.2) is 0 Å². The monoisotopic (exact) mass is 187 g/mol. The molecule has 11 heavy (non-hydrogen) atoms. The fraction of sp³-hybridized carbons (Fsp3) is 0.333. The highest BCUT2D eigenvalue weighted by molar-refractivity contribution is 7.16. The van der Waals surface area contributed by atoms with E-state index in [4.69, 9.17) is 17.1 Å². The van der Waals surface area contributed by atoms with Gasteiger partial charge in [0.1, 0.15) is 0 Å². The number of thiophene rings is 1. The molecule has 0 amide bonds. The van der Waals surface area contributed by atoms with E-state index in [9.17, 15) is 0 Å². The summed E-state index contributed by atoms with van der Waals surface area (Å²) in [6.07, 6.45) is 0. The molecule has 0 unspecified atom stereocenters. The zero-order valence-corrected chi connectivity index (χ0v) is 7.43. The smallest absolute Gasteiger partial charge is 0.0931 e. The van der Waals surface area contributed by atoms with Crippen LogP contribution in [-0.2, 0) is 0 Å². The van der Waals surface area contributed by atoms with Gasteiger partial charge < -0.3 is 0 Å². The van der Waals surface area contributed by atoms with Crippen molar-refractivity contribution in [3.05, 3.63) is 31.8 Å². The first-order valence-corrected chi connectivity index (χ1v) is 4.23. The van der Waals surface area contributed by atoms with Crippen LogP contribution in [0.5, 0.6) is 0 Å². The number of halogens is 1. The van der Waals surface area contributed by atoms with Crippen LogP contribution < -0.4 is 0 Å². The van der Waals surface area contributed by atoms with Gasteiger partial charge in [-0.3, -0.25) is 0 Å². The number of rotatable bonds is 2. The normalized spacial score (nSPS) is 12.2. The number of nitrogens with zero attached hydrogens (tertiary/aromatic N) is 3. The van der Waals surface area contributed by atoms with Gasteiger partial charge in [-0.1, -0.05) is 23.6 Å². The molecule has 1 aromatic rings. The van der Waals surface area contributed by atoms with Gasteiger partial charge in [-0.25, -0.2) is 0 Å². The molecule has 3 nitrogen and oxygen atoms in total. The molecule has 0 saturated heterocycles. The van der Waals surface area contributed by atoms with E-state index in [1.54, 1.807) is 6.07 Å². The zero-order valence-electron chi connectivity index (χ0n) is 5.86. The Bertz CT molecular complexity index is 290. The molecule has 1 aromatic heterocycles. The number of hydrogen-bond donors (Lipinski definition) is 0. The van der Waals surface area contributed by atoms with Crippen molar-refractivity contribution in [1.29, 1.82) is 0 Å². The van der Waals surface area contributed by atoms with E-state index < -0.39 is 0 Å². The zero-order chi connectivity index (χ0) is 8.27. The Hall–Kier alpha value is -0.700. The summed E-state index contributed by atoms with van der Waals surface area (Å²) in [4.78, 5) is 3.70. The third-order valence-electron chi connectivity index (χ3n) is 1.23. The Balaban J connectivity index is 2.84. The van der Waals surface area contributed by atoms with E-state index in [1.807, 2.05) is 13.0 Å². The van der Waals surface area contributed by atoms with E-state index in [-0.39, 0.29) is 6.04 Å². The fourth-order valence-corrected chi connectivity index (χ4v) is 1.73. The molecule has 1 heterocycles. The minimum Gasteiger partial charge on any atom is -0.128 e. The molecule has 1 rings (SSSR count). The third-order valence-corrected chi connectivity index (χ3v) is 2.63. The molecule has 0 aromatic carbocycles. The van der Waals surface area contributed by atoms with E-state index in [0.29, 0.717) is 0 Å². The molecular weight excluding hydrogens is 182 g/mol. The minimum absolute atomic E-state index is 0.113. The Morgan fingerprint density at radius 1 is 1.73 bits per heavy atom. The van der Waals surface area contributed by atoms with Gasteiger partial charge in [0.25, 0.3) is 0 Å². The first-order chi connectivity index (χ1) is 5.24. The van der Waals surface area contributed by atoms with Gasteiger partial charge in [-0.15, -0.1) is 11.3 Å². The maximum Gasteiger partial charge on any atom is 0.0931 e. The van der Waals surface area contributed by atoms with Gasteiger partial charge in [0, 0.05) is 9.79 Å². The first-order valence-electron chi connectivity index (χ1n) is 3.03. The van der Waals surface area contributed by atoms with Gasteiger partial charge in [-0.2, -0.15) is 0 Å². The van der Waals surface area contributed by atoms with Gasteiger partial charge in [-0.05, 0) is 17.7 Å². The summed E-state index contributed by atoms with van der Waals surface area (Å²) < 4.78 is 0.722. The van der Waals surface area contributed by atoms with Crippen LogP contribution in [0.25, 0.3) is 10.4 Å². The Kier molecular flexibility index (Phi) is 2.76. The molecule has 0 spiro atoms. The van der Waals surface area contributed by atoms with Crippen LogP contribution in [0, 0.1) is 0 Å². The average molecular weight is 188 g/mol. The Morgan fingerprint density at radius 3 is 2.91 bits per heavy atom. The van der Waals surface area contributed by atoms with Crippen LogP contribution >= 0.6 is 22.9 Å². The molecule has 0 aliphatic heterocycles. The van der Waals surface area contributed by atoms with Crippen molar-refractivity contribution in [3.8, 4) is 0 Å². The average Bonchev–Trinajstić information content (AvgIpc) is 2.36. The molecule has 0 aliphatic rings. The summed E-state index contributed by atoms with van der Waals surface area (Å²) >= 11 is 7.12. The predicted octanol–water partition coefficient (Wildman–Crippen LogP) is 3.77. The summed E-state index contributed by atoms with van der Waals surface area (Å²) in [6, 6.07) is 3.55. The van der Waals surface area contributed by atoms with Crippen LogP contribution in [0.1, 0.15) is 17.8 Å². The standard InChI is InChI=1S/C6H6ClN3S/c1-4(9-10-8)5-2-3-6(7)11-5/h2-4H,1H3/t4-/m0/s1. The van der Waals surface area contributed by atoms with Gasteiger partial charge in [0.05, 0.1) is 10.4 Å². The quantitative estimate of drug-likeness (QED) is 0.385. The van der Waals surface area contributed by atoms with E-state index in [1.165, 1.54) is 11.3 Å². The lowest BCUT2D eigenvalue weighted by Crippen LogP contribution is -1.79. The van der Waals surface area contributed by atoms with E-state index in [0.717, 1.165) is 9.21 Å². The molecule has 0 fully saturated rings. The molecular formula is C6H6ClN3S. The van der Waals surface area contributed by atoms with Gasteiger partial charge in [0.2, 0.25) is 0 Å². The predicted molar refractivity (Wildman–Crippen MR) is 46.9 cm³/mol. The topological polar surface area (TPSA) is 48.8 Å².